The third-order valence-electron chi connectivity index (χ3n) is 10.8. The number of fused-ring (bicyclic) bond motifs is 1. The summed E-state index contributed by atoms with van der Waals surface area (Å²) in [6.07, 6.45) is -8.07. The molecule has 0 aromatic heterocycles. The van der Waals surface area contributed by atoms with Crippen LogP contribution in [0.15, 0.2) is 0 Å². The predicted molar refractivity (Wildman–Crippen MR) is 123 cm³/mol. The van der Waals surface area contributed by atoms with Crippen LogP contribution >= 0.6 is 0 Å². The Morgan fingerprint density at radius 2 is 1.67 bits per heavy atom. The van der Waals surface area contributed by atoms with Crippen LogP contribution in [0.3, 0.4) is 0 Å². The summed E-state index contributed by atoms with van der Waals surface area (Å²) >= 11 is 0. The minimum absolute atomic E-state index is 0.412. The Labute approximate surface area is 223 Å². The van der Waals surface area contributed by atoms with E-state index in [-0.39, 0.29) is 0 Å². The van der Waals surface area contributed by atoms with Gasteiger partial charge in [-0.05, 0) is 31.6 Å². The van der Waals surface area contributed by atoms with Gasteiger partial charge >= 0.3 is 24.0 Å². The molecule has 214 valence electrons. The second kappa shape index (κ2) is 7.23. The number of aliphatic hydroxyl groups is 3. The molecule has 0 radical (unpaired) electrons. The smallest absolute Gasteiger partial charge is 0.410 e. The van der Waals surface area contributed by atoms with Gasteiger partial charge in [0, 0.05) is 19.0 Å². The fraction of sp³-hybridized carbons (Fsp3) is 0.846. The Hall–Kier alpha value is -2.48. The lowest BCUT2D eigenvalue weighted by atomic mass is 9.51. The fourth-order valence-electron chi connectivity index (χ4n) is 9.64. The molecule has 0 aromatic rings. The van der Waals surface area contributed by atoms with Crippen LogP contribution in [0.2, 0.25) is 0 Å². The standard InChI is InChI=1S/C26H33NO12/c1-10-17(30)35-16-15(37-21(33)27-8-6-5-7-9-27)24-14-11(28)12(22(2,3)4)23(24)13(29)18(31)38-20(23)39-26(24,19(32)36-14)25(10,16)34/h10-16,20,28-29,34H,5-9H2,1-4H3/t10-,11-,12+,13+,14?,15+,16?,20?,23?,24?,25-,26?/m1/s1. The van der Waals surface area contributed by atoms with Crippen molar-refractivity contribution in [2.45, 2.75) is 95.0 Å². The normalized spacial score (nSPS) is 53.1. The van der Waals surface area contributed by atoms with Crippen LogP contribution in [-0.2, 0) is 38.1 Å². The molecule has 0 bridgehead atoms. The number of amides is 1. The topological polar surface area (TPSA) is 178 Å². The monoisotopic (exact) mass is 551 g/mol. The van der Waals surface area contributed by atoms with Crippen molar-refractivity contribution in [3.8, 4) is 0 Å². The van der Waals surface area contributed by atoms with Gasteiger partial charge in [-0.15, -0.1) is 0 Å². The van der Waals surface area contributed by atoms with Crippen LogP contribution in [0.4, 0.5) is 4.79 Å². The van der Waals surface area contributed by atoms with E-state index in [1.54, 1.807) is 20.8 Å². The molecule has 2 aliphatic carbocycles. The molecule has 5 saturated heterocycles. The van der Waals surface area contributed by atoms with Crippen molar-refractivity contribution in [1.82, 2.24) is 4.90 Å². The minimum atomic E-state index is -2.46. The third-order valence-corrected chi connectivity index (χ3v) is 10.8. The highest BCUT2D eigenvalue weighted by atomic mass is 16.8. The zero-order valence-corrected chi connectivity index (χ0v) is 22.1. The van der Waals surface area contributed by atoms with Gasteiger partial charge in [-0.25, -0.2) is 14.4 Å². The van der Waals surface area contributed by atoms with Crippen LogP contribution < -0.4 is 0 Å². The van der Waals surface area contributed by atoms with Gasteiger partial charge < -0.3 is 43.9 Å². The first-order valence-electron chi connectivity index (χ1n) is 13.6. The van der Waals surface area contributed by atoms with Gasteiger partial charge in [-0.3, -0.25) is 4.79 Å². The van der Waals surface area contributed by atoms with Gasteiger partial charge in [0.1, 0.15) is 11.5 Å². The number of hydrogen-bond acceptors (Lipinski definition) is 12. The summed E-state index contributed by atoms with van der Waals surface area (Å²) in [5, 5.41) is 35.9. The molecule has 13 heteroatoms. The molecule has 12 atom stereocenters. The van der Waals surface area contributed by atoms with Gasteiger partial charge in [-0.2, -0.15) is 0 Å². The van der Waals surface area contributed by atoms with E-state index in [4.69, 9.17) is 23.7 Å². The molecule has 39 heavy (non-hydrogen) atoms. The first kappa shape index (κ1) is 25.5. The van der Waals surface area contributed by atoms with E-state index in [1.165, 1.54) is 11.8 Å². The Morgan fingerprint density at radius 3 is 2.31 bits per heavy atom. The number of rotatable bonds is 1. The molecular formula is C26H33NO12. The van der Waals surface area contributed by atoms with Crippen molar-refractivity contribution in [3.05, 3.63) is 0 Å². The van der Waals surface area contributed by atoms with Crippen molar-refractivity contribution in [1.29, 1.82) is 0 Å². The van der Waals surface area contributed by atoms with E-state index in [0.29, 0.717) is 13.1 Å². The molecule has 7 fully saturated rings. The maximum absolute atomic E-state index is 13.9. The molecular weight excluding hydrogens is 518 g/mol. The number of esters is 3. The third kappa shape index (κ3) is 2.31. The van der Waals surface area contributed by atoms with Gasteiger partial charge in [0.15, 0.2) is 23.9 Å². The van der Waals surface area contributed by atoms with Gasteiger partial charge in [0.2, 0.25) is 11.9 Å². The van der Waals surface area contributed by atoms with Gasteiger partial charge in [0.25, 0.3) is 0 Å². The van der Waals surface area contributed by atoms with Gasteiger partial charge in [-0.1, -0.05) is 20.8 Å². The van der Waals surface area contributed by atoms with E-state index >= 15 is 0 Å². The molecule has 2 saturated carbocycles. The average molecular weight is 552 g/mol. The zero-order valence-electron chi connectivity index (χ0n) is 22.1. The second-order valence-corrected chi connectivity index (χ2v) is 13.2. The molecule has 1 amide bonds. The number of piperidine rings is 1. The van der Waals surface area contributed by atoms with Crippen LogP contribution in [0.25, 0.3) is 0 Å². The first-order valence-corrected chi connectivity index (χ1v) is 13.6. The molecule has 0 aromatic carbocycles. The molecule has 13 nitrogen and oxygen atoms in total. The molecule has 7 aliphatic rings. The number of ether oxygens (including phenoxy) is 5. The summed E-state index contributed by atoms with van der Waals surface area (Å²) in [7, 11) is 0. The lowest BCUT2D eigenvalue weighted by molar-refractivity contribution is -0.240. The zero-order chi connectivity index (χ0) is 28.1. The van der Waals surface area contributed by atoms with Crippen molar-refractivity contribution in [2.24, 2.45) is 28.1 Å². The molecule has 7 rings (SSSR count). The Balaban J connectivity index is 1.52. The first-order chi connectivity index (χ1) is 18.2. The lowest BCUT2D eigenvalue weighted by Crippen LogP contribution is -2.67. The molecule has 5 aliphatic heterocycles. The highest BCUT2D eigenvalue weighted by Gasteiger charge is 3.06. The van der Waals surface area contributed by atoms with E-state index in [1.807, 2.05) is 0 Å². The Morgan fingerprint density at radius 1 is 1.00 bits per heavy atom. The maximum Gasteiger partial charge on any atom is 0.410 e. The summed E-state index contributed by atoms with van der Waals surface area (Å²) in [6, 6.07) is 0. The SMILES string of the molecule is C[C@@H]1C(=O)OC2[C@H](OC(=O)N3CCCCC3)C34C5OC(=O)C3(OC3OC(=O)[C@H](O)C34[C@H](C(C)(C)C)[C@H]5O)[C@]21O. The van der Waals surface area contributed by atoms with Crippen molar-refractivity contribution in [3.63, 3.8) is 0 Å². The number of likely N-dealkylation sites (tertiary alicyclic amines) is 1. The average Bonchev–Trinajstić information content (AvgIpc) is 3.57. The number of aliphatic hydroxyl groups excluding tert-OH is 2. The number of carbonyl (C=O) groups is 4. The highest BCUT2D eigenvalue weighted by Crippen LogP contribution is 2.85. The minimum Gasteiger partial charge on any atom is -0.456 e. The summed E-state index contributed by atoms with van der Waals surface area (Å²) < 4.78 is 29.3. The summed E-state index contributed by atoms with van der Waals surface area (Å²) in [5.41, 5.74) is -9.68. The van der Waals surface area contributed by atoms with Crippen LogP contribution in [0, 0.1) is 28.1 Å². The van der Waals surface area contributed by atoms with Crippen LogP contribution in [0.5, 0.6) is 0 Å². The highest BCUT2D eigenvalue weighted by molar-refractivity contribution is 5.94. The molecule has 6 unspecified atom stereocenters. The number of hydrogen-bond donors (Lipinski definition) is 3. The predicted octanol–water partition coefficient (Wildman–Crippen LogP) is -0.768. The van der Waals surface area contributed by atoms with Gasteiger partial charge in [0.05, 0.1) is 17.4 Å². The van der Waals surface area contributed by atoms with E-state index in [0.717, 1.165) is 19.3 Å². The Bertz CT molecular complexity index is 1190. The summed E-state index contributed by atoms with van der Waals surface area (Å²) in [4.78, 5) is 54.9. The second-order valence-electron chi connectivity index (χ2n) is 13.2. The summed E-state index contributed by atoms with van der Waals surface area (Å²) in [5.74, 6) is -5.34. The summed E-state index contributed by atoms with van der Waals surface area (Å²) in [6.45, 7) is 7.53. The van der Waals surface area contributed by atoms with E-state index in [9.17, 15) is 34.5 Å². The maximum atomic E-state index is 13.9. The molecule has 5 heterocycles. The van der Waals surface area contributed by atoms with Crippen molar-refractivity contribution < 1.29 is 58.2 Å². The molecule has 2 spiro atoms. The van der Waals surface area contributed by atoms with Crippen molar-refractivity contribution in [2.75, 3.05) is 13.1 Å². The number of nitrogens with zero attached hydrogens (tertiary/aromatic N) is 1. The largest absolute Gasteiger partial charge is 0.456 e. The lowest BCUT2D eigenvalue weighted by Gasteiger charge is -2.48. The van der Waals surface area contributed by atoms with E-state index < -0.39 is 100 Å². The van der Waals surface area contributed by atoms with E-state index in [2.05, 4.69) is 0 Å². The van der Waals surface area contributed by atoms with Crippen molar-refractivity contribution >= 4 is 24.0 Å². The number of carbonyl (C=O) groups excluding carboxylic acids is 4. The van der Waals surface area contributed by atoms with Crippen LogP contribution in [-0.4, -0.2) is 105 Å². The Kier molecular flexibility index (Phi) is 4.72. The quantitative estimate of drug-likeness (QED) is 0.274. The van der Waals surface area contributed by atoms with Crippen LogP contribution in [0.1, 0.15) is 47.0 Å². The fourth-order valence-corrected chi connectivity index (χ4v) is 9.64. The molecule has 3 N–H and O–H groups in total.